The molecule has 0 aliphatic carbocycles. The van der Waals surface area contributed by atoms with E-state index in [9.17, 15) is 19.5 Å². The second kappa shape index (κ2) is 9.71. The van der Waals surface area contributed by atoms with E-state index in [0.717, 1.165) is 16.8 Å². The van der Waals surface area contributed by atoms with Gasteiger partial charge in [-0.2, -0.15) is 0 Å². The number of aliphatic hydroxyl groups is 1. The fourth-order valence-electron chi connectivity index (χ4n) is 7.13. The van der Waals surface area contributed by atoms with Gasteiger partial charge in [0, 0.05) is 12.2 Å². The highest BCUT2D eigenvalue weighted by Crippen LogP contribution is 2.59. The number of fused-ring (bicyclic) bond motifs is 2. The number of anilines is 1. The molecule has 2 fully saturated rings. The molecule has 4 aliphatic heterocycles. The van der Waals surface area contributed by atoms with Crippen LogP contribution in [-0.2, 0) is 23.9 Å². The van der Waals surface area contributed by atoms with E-state index in [-0.39, 0.29) is 19.1 Å². The van der Waals surface area contributed by atoms with Crippen molar-refractivity contribution in [2.45, 2.75) is 50.5 Å². The number of aliphatic hydroxyl groups excluding tert-OH is 1. The average Bonchev–Trinajstić information content (AvgIpc) is 3.23. The number of esters is 1. The molecular formula is C32H34N2O6. The molecule has 208 valence electrons. The molecule has 6 atom stereocenters. The second-order valence-corrected chi connectivity index (χ2v) is 11.2. The summed E-state index contributed by atoms with van der Waals surface area (Å²) in [6, 6.07) is 13.2. The lowest BCUT2D eigenvalue weighted by atomic mass is 9.73. The molecule has 2 amide bonds. The van der Waals surface area contributed by atoms with E-state index in [0.29, 0.717) is 12.0 Å². The van der Waals surface area contributed by atoms with Gasteiger partial charge in [0.05, 0.1) is 18.6 Å². The Hall–Kier alpha value is -3.75. The highest BCUT2D eigenvalue weighted by Gasteiger charge is 2.76. The Morgan fingerprint density at radius 3 is 2.50 bits per heavy atom. The van der Waals surface area contributed by atoms with E-state index >= 15 is 0 Å². The third-order valence-corrected chi connectivity index (χ3v) is 8.98. The number of ether oxygens (including phenoxy) is 2. The lowest BCUT2D eigenvalue weighted by Crippen LogP contribution is -2.57. The van der Waals surface area contributed by atoms with Crippen molar-refractivity contribution in [1.82, 2.24) is 4.90 Å². The minimum Gasteiger partial charge on any atom is -0.461 e. The van der Waals surface area contributed by atoms with Gasteiger partial charge in [0.15, 0.2) is 0 Å². The fraction of sp³-hybridized carbons (Fsp3) is 0.406. The Balaban J connectivity index is 1.57. The van der Waals surface area contributed by atoms with Crippen LogP contribution in [0.3, 0.4) is 0 Å². The Morgan fingerprint density at radius 2 is 1.77 bits per heavy atom. The zero-order chi connectivity index (χ0) is 28.2. The fourth-order valence-corrected chi connectivity index (χ4v) is 7.13. The van der Waals surface area contributed by atoms with Crippen molar-refractivity contribution >= 4 is 23.5 Å². The van der Waals surface area contributed by atoms with Crippen LogP contribution in [0.2, 0.25) is 0 Å². The Labute approximate surface area is 233 Å². The predicted octanol–water partition coefficient (Wildman–Crippen LogP) is 3.41. The summed E-state index contributed by atoms with van der Waals surface area (Å²) in [5, 5.41) is 10.7. The van der Waals surface area contributed by atoms with Crippen LogP contribution in [0.25, 0.3) is 0 Å². The molecule has 1 unspecified atom stereocenters. The second-order valence-electron chi connectivity index (χ2n) is 11.2. The summed E-state index contributed by atoms with van der Waals surface area (Å²) in [6.07, 6.45) is 7.68. The Morgan fingerprint density at radius 1 is 1.00 bits per heavy atom. The molecular weight excluding hydrogens is 508 g/mol. The highest BCUT2D eigenvalue weighted by atomic mass is 16.6. The molecule has 1 N–H and O–H groups in total. The summed E-state index contributed by atoms with van der Waals surface area (Å²) in [6.45, 7) is 5.81. The molecule has 8 nitrogen and oxygen atoms in total. The first-order valence-electron chi connectivity index (χ1n) is 13.9. The van der Waals surface area contributed by atoms with Crippen LogP contribution >= 0.6 is 0 Å². The van der Waals surface area contributed by atoms with Crippen molar-refractivity contribution in [2.24, 2.45) is 11.8 Å². The van der Waals surface area contributed by atoms with Crippen molar-refractivity contribution in [3.8, 4) is 0 Å². The number of nitrogens with zero attached hydrogens (tertiary/aromatic N) is 2. The molecule has 2 aromatic rings. The predicted molar refractivity (Wildman–Crippen MR) is 148 cm³/mol. The maximum Gasteiger partial charge on any atom is 0.313 e. The van der Waals surface area contributed by atoms with Gasteiger partial charge >= 0.3 is 5.97 Å². The minimum atomic E-state index is -1.43. The van der Waals surface area contributed by atoms with E-state index in [1.54, 1.807) is 11.0 Å². The van der Waals surface area contributed by atoms with E-state index in [1.165, 1.54) is 4.90 Å². The number of carbonyl (C=O) groups is 3. The summed E-state index contributed by atoms with van der Waals surface area (Å²) in [5.74, 6) is -3.16. The monoisotopic (exact) mass is 542 g/mol. The third kappa shape index (κ3) is 3.69. The molecule has 6 rings (SSSR count). The number of rotatable bonds is 5. The zero-order valence-corrected chi connectivity index (χ0v) is 22.9. The van der Waals surface area contributed by atoms with Gasteiger partial charge < -0.3 is 24.4 Å². The number of hydrogen-bond acceptors (Lipinski definition) is 6. The first-order chi connectivity index (χ1) is 19.3. The van der Waals surface area contributed by atoms with Crippen molar-refractivity contribution < 1.29 is 29.0 Å². The van der Waals surface area contributed by atoms with Crippen LogP contribution in [-0.4, -0.2) is 64.8 Å². The average molecular weight is 543 g/mol. The van der Waals surface area contributed by atoms with Crippen LogP contribution in [0.4, 0.5) is 5.69 Å². The quantitative estimate of drug-likeness (QED) is 0.460. The number of carbonyl (C=O) groups excluding carboxylic acids is 3. The number of benzene rings is 2. The molecule has 8 heteroatoms. The number of hydrogen-bond donors (Lipinski definition) is 1. The number of likely N-dealkylation sites (tertiary alicyclic amines) is 1. The molecule has 4 heterocycles. The number of aryl methyl sites for hydroxylation is 2. The zero-order valence-electron chi connectivity index (χ0n) is 22.9. The van der Waals surface area contributed by atoms with E-state index in [2.05, 4.69) is 0 Å². The topological polar surface area (TPSA) is 96.4 Å². The van der Waals surface area contributed by atoms with E-state index in [4.69, 9.17) is 9.47 Å². The van der Waals surface area contributed by atoms with Crippen LogP contribution in [0.5, 0.6) is 0 Å². The van der Waals surface area contributed by atoms with Gasteiger partial charge in [0.2, 0.25) is 5.91 Å². The Bertz CT molecular complexity index is 1420. The summed E-state index contributed by atoms with van der Waals surface area (Å²) in [4.78, 5) is 46.0. The van der Waals surface area contributed by atoms with Gasteiger partial charge in [-0.15, -0.1) is 0 Å². The largest absolute Gasteiger partial charge is 0.461 e. The van der Waals surface area contributed by atoms with Crippen molar-refractivity contribution in [3.63, 3.8) is 0 Å². The van der Waals surface area contributed by atoms with Crippen LogP contribution in [0.15, 0.2) is 72.8 Å². The molecule has 40 heavy (non-hydrogen) atoms. The van der Waals surface area contributed by atoms with E-state index in [1.807, 2.05) is 87.5 Å². The SMILES string of the molecule is CC[C@@]12C=CCOC(=O)[C@@H]1[C@H]1C(=O)N([C@H](CO)c3ccccc3)C3C(=O)N(c4cc(C)ccc4C)CC=C[C@@]31O2. The van der Waals surface area contributed by atoms with Gasteiger partial charge in [-0.05, 0) is 49.1 Å². The summed E-state index contributed by atoms with van der Waals surface area (Å²) < 4.78 is 12.4. The molecule has 2 aromatic carbocycles. The van der Waals surface area contributed by atoms with Crippen molar-refractivity contribution in [3.05, 3.63) is 89.5 Å². The maximum atomic E-state index is 14.8. The highest BCUT2D eigenvalue weighted by molar-refractivity contribution is 6.06. The van der Waals surface area contributed by atoms with Crippen LogP contribution in [0.1, 0.15) is 36.1 Å². The van der Waals surface area contributed by atoms with Crippen molar-refractivity contribution in [2.75, 3.05) is 24.7 Å². The molecule has 0 bridgehead atoms. The lowest BCUT2D eigenvalue weighted by Gasteiger charge is -2.40. The van der Waals surface area contributed by atoms with Gasteiger partial charge in [0.1, 0.15) is 29.8 Å². The Kier molecular flexibility index (Phi) is 6.43. The normalized spacial score (nSPS) is 31.8. The first kappa shape index (κ1) is 26.5. The minimum absolute atomic E-state index is 0.0972. The maximum absolute atomic E-state index is 14.8. The smallest absolute Gasteiger partial charge is 0.313 e. The third-order valence-electron chi connectivity index (χ3n) is 8.98. The summed E-state index contributed by atoms with van der Waals surface area (Å²) in [7, 11) is 0. The lowest BCUT2D eigenvalue weighted by molar-refractivity contribution is -0.159. The van der Waals surface area contributed by atoms with Crippen LogP contribution < -0.4 is 4.90 Å². The van der Waals surface area contributed by atoms with Gasteiger partial charge in [0.25, 0.3) is 5.91 Å². The molecule has 1 spiro atoms. The summed E-state index contributed by atoms with van der Waals surface area (Å²) >= 11 is 0. The molecule has 2 saturated heterocycles. The van der Waals surface area contributed by atoms with E-state index < -0.39 is 53.6 Å². The number of amides is 2. The molecule has 4 aliphatic rings. The van der Waals surface area contributed by atoms with Crippen LogP contribution in [0, 0.1) is 25.7 Å². The first-order valence-corrected chi connectivity index (χ1v) is 13.9. The van der Waals surface area contributed by atoms with Gasteiger partial charge in [-0.25, -0.2) is 0 Å². The molecule has 0 radical (unpaired) electrons. The standard InChI is InChI=1S/C32H34N2O6/c1-4-31-14-9-17-39-30(38)26(31)25-28(36)34(24(19-35)22-10-6-5-7-11-22)27-29(37)33(16-8-15-32(25,27)40-31)23-18-20(2)12-13-21(23)3/h5-15,18,24-27,35H,4,16-17,19H2,1-3H3/t24-,25+,26+,27?,31-,32+/m1/s1. The summed E-state index contributed by atoms with van der Waals surface area (Å²) in [5.41, 5.74) is 0.843. The molecule has 0 aromatic heterocycles. The number of cyclic esters (lactones) is 1. The van der Waals surface area contributed by atoms with Crippen molar-refractivity contribution in [1.29, 1.82) is 0 Å². The van der Waals surface area contributed by atoms with Gasteiger partial charge in [-0.1, -0.05) is 67.6 Å². The van der Waals surface area contributed by atoms with Gasteiger partial charge in [-0.3, -0.25) is 14.4 Å². The molecule has 0 saturated carbocycles.